The van der Waals surface area contributed by atoms with Gasteiger partial charge < -0.3 is 10.3 Å². The van der Waals surface area contributed by atoms with Gasteiger partial charge in [0.15, 0.2) is 5.69 Å². The third-order valence-electron chi connectivity index (χ3n) is 4.29. The molecular formula is C21H16N4. The van der Waals surface area contributed by atoms with E-state index in [4.69, 9.17) is 12.3 Å². The fraction of sp³-hybridized carbons (Fsp3) is 0.0476. The molecule has 25 heavy (non-hydrogen) atoms. The van der Waals surface area contributed by atoms with Crippen LogP contribution in [0.1, 0.15) is 5.56 Å². The van der Waals surface area contributed by atoms with Gasteiger partial charge in [-0.15, -0.1) is 0 Å². The minimum absolute atomic E-state index is 0.638. The van der Waals surface area contributed by atoms with Gasteiger partial charge in [-0.25, -0.2) is 4.85 Å². The van der Waals surface area contributed by atoms with E-state index in [0.717, 1.165) is 34.3 Å². The summed E-state index contributed by atoms with van der Waals surface area (Å²) in [6.07, 6.45) is 5.74. The van der Waals surface area contributed by atoms with E-state index < -0.39 is 0 Å². The maximum Gasteiger partial charge on any atom is 0.188 e. The topological polar surface area (TPSA) is 48.2 Å². The molecule has 120 valence electrons. The number of nitrogens with zero attached hydrogens (tertiary/aromatic N) is 3. The zero-order valence-electron chi connectivity index (χ0n) is 13.6. The molecule has 0 aliphatic rings. The summed E-state index contributed by atoms with van der Waals surface area (Å²) in [6, 6.07) is 17.7. The Labute approximate surface area is 146 Å². The predicted molar refractivity (Wildman–Crippen MR) is 101 cm³/mol. The zero-order chi connectivity index (χ0) is 17.2. The van der Waals surface area contributed by atoms with Crippen LogP contribution in [-0.4, -0.2) is 9.55 Å². The van der Waals surface area contributed by atoms with E-state index in [1.807, 2.05) is 54.6 Å². The summed E-state index contributed by atoms with van der Waals surface area (Å²) in [6.45, 7) is 8.05. The molecule has 4 aromatic rings. The Morgan fingerprint density at radius 1 is 1.04 bits per heavy atom. The van der Waals surface area contributed by atoms with Crippen molar-refractivity contribution in [2.24, 2.45) is 0 Å². The van der Waals surface area contributed by atoms with Crippen molar-refractivity contribution >= 4 is 22.3 Å². The third kappa shape index (κ3) is 2.84. The van der Waals surface area contributed by atoms with E-state index in [1.54, 1.807) is 12.4 Å². The van der Waals surface area contributed by atoms with Gasteiger partial charge >= 0.3 is 0 Å². The number of fused-ring (bicyclic) bond motifs is 1. The van der Waals surface area contributed by atoms with Crippen molar-refractivity contribution in [2.75, 3.05) is 5.73 Å². The van der Waals surface area contributed by atoms with Crippen LogP contribution in [0.25, 0.3) is 26.9 Å². The van der Waals surface area contributed by atoms with E-state index in [2.05, 4.69) is 20.6 Å². The molecule has 2 N–H and O–H groups in total. The van der Waals surface area contributed by atoms with Crippen LogP contribution in [0.4, 0.5) is 11.4 Å². The number of nitrogens with two attached hydrogens (primary N) is 1. The lowest BCUT2D eigenvalue weighted by molar-refractivity contribution is 0.835. The molecule has 0 unspecified atom stereocenters. The van der Waals surface area contributed by atoms with E-state index in [1.165, 1.54) is 5.56 Å². The molecule has 2 aromatic carbocycles. The number of hydrogen-bond donors (Lipinski definition) is 1. The van der Waals surface area contributed by atoms with Gasteiger partial charge in [0, 0.05) is 41.9 Å². The summed E-state index contributed by atoms with van der Waals surface area (Å²) in [5, 5.41) is 1.06. The van der Waals surface area contributed by atoms with Crippen molar-refractivity contribution in [1.82, 2.24) is 9.55 Å². The zero-order valence-corrected chi connectivity index (χ0v) is 13.6. The first-order chi connectivity index (χ1) is 12.2. The molecule has 0 bridgehead atoms. The molecule has 4 rings (SSSR count). The largest absolute Gasteiger partial charge is 0.399 e. The standard InChI is InChI=1S/C21H16N4/c1-23-18-5-6-21-19(12-18)20(16-3-2-4-17(22)11-16)14-25(21)13-15-7-9-24-10-8-15/h2-12,14H,13,22H2. The van der Waals surface area contributed by atoms with Gasteiger partial charge in [0.25, 0.3) is 0 Å². The Hall–Kier alpha value is -3.58. The molecular weight excluding hydrogens is 308 g/mol. The number of nitrogen functional groups attached to an aromatic ring is 1. The Bertz CT molecular complexity index is 1090. The molecule has 2 heterocycles. The van der Waals surface area contributed by atoms with Crippen molar-refractivity contribution in [3.05, 3.63) is 90.2 Å². The molecule has 0 saturated carbocycles. The van der Waals surface area contributed by atoms with Crippen LogP contribution in [0.15, 0.2) is 73.2 Å². The van der Waals surface area contributed by atoms with Crippen molar-refractivity contribution in [3.8, 4) is 11.1 Å². The first-order valence-corrected chi connectivity index (χ1v) is 8.00. The van der Waals surface area contributed by atoms with Gasteiger partial charge in [0.1, 0.15) is 0 Å². The second-order valence-electron chi connectivity index (χ2n) is 5.96. The van der Waals surface area contributed by atoms with Gasteiger partial charge in [0.05, 0.1) is 6.57 Å². The van der Waals surface area contributed by atoms with Crippen LogP contribution in [0, 0.1) is 6.57 Å². The molecule has 4 nitrogen and oxygen atoms in total. The minimum atomic E-state index is 0.638. The highest BCUT2D eigenvalue weighted by Crippen LogP contribution is 2.34. The number of hydrogen-bond acceptors (Lipinski definition) is 2. The molecule has 0 amide bonds. The normalized spacial score (nSPS) is 10.7. The van der Waals surface area contributed by atoms with Crippen LogP contribution < -0.4 is 5.73 Å². The lowest BCUT2D eigenvalue weighted by atomic mass is 10.0. The van der Waals surface area contributed by atoms with Crippen molar-refractivity contribution in [3.63, 3.8) is 0 Å². The van der Waals surface area contributed by atoms with Gasteiger partial charge in [-0.1, -0.05) is 18.2 Å². The third-order valence-corrected chi connectivity index (χ3v) is 4.29. The molecule has 0 atom stereocenters. The van der Waals surface area contributed by atoms with Gasteiger partial charge in [-0.05, 0) is 52.9 Å². The first kappa shape index (κ1) is 15.0. The molecule has 0 radical (unpaired) electrons. The molecule has 0 fully saturated rings. The number of rotatable bonds is 3. The van der Waals surface area contributed by atoms with Crippen molar-refractivity contribution in [2.45, 2.75) is 6.54 Å². The first-order valence-electron chi connectivity index (χ1n) is 8.00. The smallest absolute Gasteiger partial charge is 0.188 e. The molecule has 0 aliphatic carbocycles. The number of pyridine rings is 1. The number of anilines is 1. The second kappa shape index (κ2) is 6.14. The van der Waals surface area contributed by atoms with Crippen LogP contribution in [-0.2, 0) is 6.54 Å². The van der Waals surface area contributed by atoms with E-state index in [9.17, 15) is 0 Å². The van der Waals surface area contributed by atoms with Crippen LogP contribution in [0.5, 0.6) is 0 Å². The minimum Gasteiger partial charge on any atom is -0.399 e. The average molecular weight is 324 g/mol. The summed E-state index contributed by atoms with van der Waals surface area (Å²) in [4.78, 5) is 7.65. The molecule has 0 aliphatic heterocycles. The maximum absolute atomic E-state index is 7.31. The van der Waals surface area contributed by atoms with Gasteiger partial charge in [-0.3, -0.25) is 4.98 Å². The van der Waals surface area contributed by atoms with Gasteiger partial charge in [-0.2, -0.15) is 0 Å². The summed E-state index contributed by atoms with van der Waals surface area (Å²) >= 11 is 0. The second-order valence-corrected chi connectivity index (χ2v) is 5.96. The molecule has 4 heteroatoms. The summed E-state index contributed by atoms with van der Waals surface area (Å²) in [7, 11) is 0. The Balaban J connectivity index is 1.91. The summed E-state index contributed by atoms with van der Waals surface area (Å²) < 4.78 is 2.21. The summed E-state index contributed by atoms with van der Waals surface area (Å²) in [5.41, 5.74) is 11.8. The van der Waals surface area contributed by atoms with E-state index >= 15 is 0 Å². The van der Waals surface area contributed by atoms with Crippen LogP contribution >= 0.6 is 0 Å². The Morgan fingerprint density at radius 2 is 1.88 bits per heavy atom. The number of benzene rings is 2. The summed E-state index contributed by atoms with van der Waals surface area (Å²) in [5.74, 6) is 0. The van der Waals surface area contributed by atoms with E-state index in [-0.39, 0.29) is 0 Å². The highest BCUT2D eigenvalue weighted by atomic mass is 15.0. The molecule has 0 saturated heterocycles. The molecule has 0 spiro atoms. The fourth-order valence-corrected chi connectivity index (χ4v) is 3.11. The Morgan fingerprint density at radius 3 is 2.64 bits per heavy atom. The number of aromatic nitrogens is 2. The quantitative estimate of drug-likeness (QED) is 0.431. The monoisotopic (exact) mass is 324 g/mol. The highest BCUT2D eigenvalue weighted by molar-refractivity contribution is 5.98. The fourth-order valence-electron chi connectivity index (χ4n) is 3.11. The van der Waals surface area contributed by atoms with Crippen LogP contribution in [0.2, 0.25) is 0 Å². The molecule has 2 aromatic heterocycles. The highest BCUT2D eigenvalue weighted by Gasteiger charge is 2.12. The lowest BCUT2D eigenvalue weighted by Crippen LogP contribution is -1.97. The van der Waals surface area contributed by atoms with Crippen LogP contribution in [0.3, 0.4) is 0 Å². The van der Waals surface area contributed by atoms with E-state index in [0.29, 0.717) is 5.69 Å². The van der Waals surface area contributed by atoms with Gasteiger partial charge in [0.2, 0.25) is 0 Å². The van der Waals surface area contributed by atoms with Crippen molar-refractivity contribution in [1.29, 1.82) is 0 Å². The lowest BCUT2D eigenvalue weighted by Gasteiger charge is -2.05. The Kier molecular flexibility index (Phi) is 3.68. The average Bonchev–Trinajstić information content (AvgIpc) is 3.00. The van der Waals surface area contributed by atoms with Crippen molar-refractivity contribution < 1.29 is 0 Å². The predicted octanol–water partition coefficient (Wildman–Crippen LogP) is 4.88. The maximum atomic E-state index is 7.31. The SMILES string of the molecule is [C-]#[N+]c1ccc2c(c1)c(-c1cccc(N)c1)cn2Cc1ccncc1.